The lowest BCUT2D eigenvalue weighted by Crippen LogP contribution is -2.68. The highest BCUT2D eigenvalue weighted by Gasteiger charge is 2.58. The van der Waals surface area contributed by atoms with E-state index in [0.717, 1.165) is 19.3 Å². The van der Waals surface area contributed by atoms with Gasteiger partial charge >= 0.3 is 0 Å². The van der Waals surface area contributed by atoms with Crippen LogP contribution in [0.5, 0.6) is 0 Å². The van der Waals surface area contributed by atoms with E-state index >= 15 is 0 Å². The van der Waals surface area contributed by atoms with Crippen LogP contribution in [-0.4, -0.2) is 0 Å². The van der Waals surface area contributed by atoms with Gasteiger partial charge in [-0.1, -0.05) is 51.1 Å². The fraction of sp³-hybridized carbons (Fsp3) is 0.346. The van der Waals surface area contributed by atoms with Crippen molar-refractivity contribution in [3.63, 3.8) is 0 Å². The van der Waals surface area contributed by atoms with Crippen LogP contribution in [0.4, 0.5) is 0 Å². The molecule has 2 aromatic carbocycles. The van der Waals surface area contributed by atoms with Gasteiger partial charge in [0.05, 0.1) is 11.0 Å². The molecule has 1 atom stereocenters. The van der Waals surface area contributed by atoms with Crippen molar-refractivity contribution >= 4 is 31.5 Å². The Hall–Kier alpha value is -2.19. The first-order valence-electron chi connectivity index (χ1n) is 10.6. The van der Waals surface area contributed by atoms with Gasteiger partial charge in [-0.3, -0.25) is 0 Å². The molecule has 2 aromatic heterocycles. The molecule has 0 radical (unpaired) electrons. The summed E-state index contributed by atoms with van der Waals surface area (Å²) in [5.74, 6) is 0. The van der Waals surface area contributed by atoms with E-state index in [-0.39, 0.29) is 11.0 Å². The Bertz CT molecular complexity index is 1200. The number of rotatable bonds is 3. The molecule has 0 saturated carbocycles. The van der Waals surface area contributed by atoms with E-state index < -0.39 is 0 Å². The molecule has 0 spiro atoms. The maximum Gasteiger partial charge on any atom is 0.214 e. The number of nitrogens with zero attached hydrogens (tertiary/aromatic N) is 1. The van der Waals surface area contributed by atoms with Crippen molar-refractivity contribution in [1.29, 1.82) is 0 Å². The lowest BCUT2D eigenvalue weighted by molar-refractivity contribution is -0.769. The fourth-order valence-corrected chi connectivity index (χ4v) is 7.19. The summed E-state index contributed by atoms with van der Waals surface area (Å²) in [5, 5.41) is 2.78. The van der Waals surface area contributed by atoms with Crippen LogP contribution in [0.25, 0.3) is 31.4 Å². The normalized spacial score (nSPS) is 20.3. The van der Waals surface area contributed by atoms with Crippen molar-refractivity contribution in [2.45, 2.75) is 57.9 Å². The molecule has 142 valence electrons. The minimum absolute atomic E-state index is 0.106. The van der Waals surface area contributed by atoms with Crippen molar-refractivity contribution in [2.75, 3.05) is 0 Å². The van der Waals surface area contributed by atoms with Crippen molar-refractivity contribution in [1.82, 2.24) is 0 Å². The molecule has 0 bridgehead atoms. The molecule has 4 aromatic rings. The van der Waals surface area contributed by atoms with Crippen LogP contribution in [-0.2, 0) is 11.0 Å². The topological polar surface area (TPSA) is 3.88 Å². The summed E-state index contributed by atoms with van der Waals surface area (Å²) < 4.78 is 5.44. The lowest BCUT2D eigenvalue weighted by atomic mass is 9.59. The van der Waals surface area contributed by atoms with Crippen molar-refractivity contribution in [2.24, 2.45) is 0 Å². The molecule has 1 unspecified atom stereocenters. The molecule has 0 fully saturated rings. The molecule has 0 saturated heterocycles. The SMILES string of the molecule is CCC1(C)c2ccc3c(sc4ccccc43)c2-c2cccc[n+]2C1(CC)CC. The molecule has 2 heteroatoms. The Kier molecular flexibility index (Phi) is 3.93. The van der Waals surface area contributed by atoms with Crippen LogP contribution in [0.1, 0.15) is 52.5 Å². The van der Waals surface area contributed by atoms with E-state index in [1.54, 1.807) is 0 Å². The monoisotopic (exact) mass is 386 g/mol. The summed E-state index contributed by atoms with van der Waals surface area (Å²) in [6.45, 7) is 9.60. The third kappa shape index (κ3) is 1.99. The van der Waals surface area contributed by atoms with Crippen molar-refractivity contribution in [3.8, 4) is 11.3 Å². The molecular weight excluding hydrogens is 358 g/mol. The summed E-state index contributed by atoms with van der Waals surface area (Å²) in [6, 6.07) is 20.4. The first-order chi connectivity index (χ1) is 13.6. The molecular formula is C26H28NS+. The molecule has 1 aliphatic rings. The minimum atomic E-state index is 0.106. The van der Waals surface area contributed by atoms with Crippen LogP contribution in [0.3, 0.4) is 0 Å². The zero-order valence-electron chi connectivity index (χ0n) is 17.3. The Labute approximate surface area is 171 Å². The summed E-state index contributed by atoms with van der Waals surface area (Å²) in [4.78, 5) is 0. The number of hydrogen-bond donors (Lipinski definition) is 0. The smallest absolute Gasteiger partial charge is 0.192 e. The molecule has 1 aliphatic heterocycles. The number of benzene rings is 2. The molecule has 0 aliphatic carbocycles. The molecule has 0 amide bonds. The quantitative estimate of drug-likeness (QED) is 0.328. The first-order valence-corrected chi connectivity index (χ1v) is 11.4. The summed E-state index contributed by atoms with van der Waals surface area (Å²) >= 11 is 1.95. The van der Waals surface area contributed by atoms with Crippen molar-refractivity contribution in [3.05, 3.63) is 66.4 Å². The highest BCUT2D eigenvalue weighted by atomic mass is 32.1. The summed E-state index contributed by atoms with van der Waals surface area (Å²) in [6.07, 6.45) is 5.74. The Morgan fingerprint density at radius 1 is 0.821 bits per heavy atom. The van der Waals surface area contributed by atoms with Gasteiger partial charge in [-0.25, -0.2) is 0 Å². The van der Waals surface area contributed by atoms with Gasteiger partial charge in [0.15, 0.2) is 11.7 Å². The highest BCUT2D eigenvalue weighted by Crippen LogP contribution is 2.54. The second-order valence-electron chi connectivity index (χ2n) is 8.34. The predicted molar refractivity (Wildman–Crippen MR) is 121 cm³/mol. The molecule has 5 rings (SSSR count). The van der Waals surface area contributed by atoms with Gasteiger partial charge in [-0.05, 0) is 31.0 Å². The average molecular weight is 387 g/mol. The van der Waals surface area contributed by atoms with Gasteiger partial charge in [0.1, 0.15) is 0 Å². The van der Waals surface area contributed by atoms with E-state index in [0.29, 0.717) is 0 Å². The maximum absolute atomic E-state index is 2.61. The number of thiophene rings is 1. The number of pyridine rings is 1. The van der Waals surface area contributed by atoms with Gasteiger partial charge in [0.2, 0.25) is 5.69 Å². The fourth-order valence-electron chi connectivity index (χ4n) is 5.93. The van der Waals surface area contributed by atoms with Crippen LogP contribution in [0.15, 0.2) is 60.8 Å². The number of hydrogen-bond acceptors (Lipinski definition) is 1. The zero-order chi connectivity index (χ0) is 19.5. The zero-order valence-corrected chi connectivity index (χ0v) is 18.1. The van der Waals surface area contributed by atoms with Crippen LogP contribution in [0, 0.1) is 0 Å². The summed E-state index contributed by atoms with van der Waals surface area (Å²) in [5.41, 5.74) is 4.58. The van der Waals surface area contributed by atoms with E-state index in [2.05, 4.69) is 93.1 Å². The van der Waals surface area contributed by atoms with E-state index in [1.165, 1.54) is 37.0 Å². The van der Waals surface area contributed by atoms with Gasteiger partial charge in [-0.15, -0.1) is 11.3 Å². The third-order valence-corrected chi connectivity index (χ3v) is 8.83. The average Bonchev–Trinajstić information content (AvgIpc) is 3.13. The van der Waals surface area contributed by atoms with E-state index in [4.69, 9.17) is 0 Å². The number of fused-ring (bicyclic) bond motifs is 7. The second-order valence-corrected chi connectivity index (χ2v) is 9.40. The van der Waals surface area contributed by atoms with Crippen molar-refractivity contribution < 1.29 is 4.57 Å². The maximum atomic E-state index is 2.61. The largest absolute Gasteiger partial charge is 0.214 e. The molecule has 1 nitrogen and oxygen atoms in total. The highest BCUT2D eigenvalue weighted by molar-refractivity contribution is 7.26. The molecule has 28 heavy (non-hydrogen) atoms. The lowest BCUT2D eigenvalue weighted by Gasteiger charge is -2.47. The third-order valence-electron chi connectivity index (χ3n) is 7.62. The Morgan fingerprint density at radius 3 is 2.32 bits per heavy atom. The van der Waals surface area contributed by atoms with Gasteiger partial charge < -0.3 is 0 Å². The van der Waals surface area contributed by atoms with Gasteiger partial charge in [0.25, 0.3) is 0 Å². The number of aromatic nitrogens is 1. The molecule has 3 heterocycles. The standard InChI is InChI=1S/C26H28NS/c1-5-25(4)20-16-15-19-18-12-8-9-14-22(18)28-24(19)23(20)21-13-10-11-17-27(21)26(25,6-2)7-3/h8-17H,5-7H2,1-4H3/q+1. The van der Waals surface area contributed by atoms with E-state index in [1.807, 2.05) is 11.3 Å². The van der Waals surface area contributed by atoms with Crippen LogP contribution in [0.2, 0.25) is 0 Å². The molecule has 0 N–H and O–H groups in total. The Balaban J connectivity index is 1.99. The van der Waals surface area contributed by atoms with Gasteiger partial charge in [-0.2, -0.15) is 4.57 Å². The second kappa shape index (κ2) is 6.15. The first kappa shape index (κ1) is 17.9. The predicted octanol–water partition coefficient (Wildman–Crippen LogP) is 7.21. The van der Waals surface area contributed by atoms with Crippen LogP contribution < -0.4 is 4.57 Å². The summed E-state index contributed by atoms with van der Waals surface area (Å²) in [7, 11) is 0. The minimum Gasteiger partial charge on any atom is -0.192 e. The van der Waals surface area contributed by atoms with Gasteiger partial charge in [0, 0.05) is 45.1 Å². The van der Waals surface area contributed by atoms with E-state index in [9.17, 15) is 0 Å². The Morgan fingerprint density at radius 2 is 1.57 bits per heavy atom. The van der Waals surface area contributed by atoms with Crippen LogP contribution >= 0.6 is 11.3 Å².